The van der Waals surface area contributed by atoms with E-state index in [0.717, 1.165) is 31.5 Å². The Morgan fingerprint density at radius 2 is 2.40 bits per heavy atom. The number of aryl methyl sites for hydroxylation is 2. The molecule has 2 rings (SSSR count). The fraction of sp³-hybridized carbons (Fsp3) is 0.462. The van der Waals surface area contributed by atoms with Crippen LogP contribution in [0.1, 0.15) is 35.9 Å². The van der Waals surface area contributed by atoms with Crippen molar-refractivity contribution in [2.45, 2.75) is 32.7 Å². The molecule has 1 amide bonds. The summed E-state index contributed by atoms with van der Waals surface area (Å²) in [4.78, 5) is 15.9. The number of rotatable bonds is 7. The maximum absolute atomic E-state index is 12.0. The number of imidazole rings is 1. The molecule has 0 saturated carbocycles. The van der Waals surface area contributed by atoms with Crippen molar-refractivity contribution in [2.75, 3.05) is 12.3 Å². The lowest BCUT2D eigenvalue weighted by molar-refractivity contribution is 0.0948. The number of nitrogens with two attached hydrogens (primary N) is 1. The number of carbonyl (C=O) groups excluding carboxylic acids is 1. The lowest BCUT2D eigenvalue weighted by Gasteiger charge is -2.04. The number of hydrogen-bond acceptors (Lipinski definition) is 4. The minimum absolute atomic E-state index is 0.230. The molecular formula is C13H20N6O. The molecule has 0 fully saturated rings. The quantitative estimate of drug-likeness (QED) is 0.655. The van der Waals surface area contributed by atoms with Gasteiger partial charge in [-0.3, -0.25) is 9.89 Å². The van der Waals surface area contributed by atoms with Crippen LogP contribution in [-0.2, 0) is 13.0 Å². The van der Waals surface area contributed by atoms with Gasteiger partial charge in [-0.05, 0) is 12.8 Å². The van der Waals surface area contributed by atoms with Crippen LogP contribution in [0.2, 0.25) is 0 Å². The Bertz CT molecular complexity index is 545. The third kappa shape index (κ3) is 3.37. The van der Waals surface area contributed by atoms with Gasteiger partial charge >= 0.3 is 0 Å². The highest BCUT2D eigenvalue weighted by molar-refractivity contribution is 5.97. The standard InChI is InChI=1S/C13H20N6O/c1-2-4-10-11(14)12(18-17-10)13(20)16-5-3-7-19-8-6-15-9-19/h6,8-9H,2-5,7,14H2,1H3,(H,16,20)(H,17,18). The summed E-state index contributed by atoms with van der Waals surface area (Å²) in [5, 5.41) is 9.63. The molecule has 2 aromatic rings. The third-order valence-corrected chi connectivity index (χ3v) is 3.04. The molecule has 4 N–H and O–H groups in total. The molecule has 0 bridgehead atoms. The highest BCUT2D eigenvalue weighted by atomic mass is 16.1. The van der Waals surface area contributed by atoms with Crippen LogP contribution in [0.25, 0.3) is 0 Å². The second-order valence-electron chi connectivity index (χ2n) is 4.62. The molecule has 0 aliphatic heterocycles. The molecule has 0 unspecified atom stereocenters. The number of amides is 1. The van der Waals surface area contributed by atoms with Crippen LogP contribution in [0.4, 0.5) is 5.69 Å². The van der Waals surface area contributed by atoms with Gasteiger partial charge in [0.1, 0.15) is 0 Å². The van der Waals surface area contributed by atoms with E-state index in [0.29, 0.717) is 12.2 Å². The molecule has 20 heavy (non-hydrogen) atoms. The average Bonchev–Trinajstić information content (AvgIpc) is 3.06. The van der Waals surface area contributed by atoms with Gasteiger partial charge in [0.05, 0.1) is 17.7 Å². The van der Waals surface area contributed by atoms with E-state index in [1.165, 1.54) is 0 Å². The van der Waals surface area contributed by atoms with Gasteiger partial charge in [0, 0.05) is 25.5 Å². The number of hydrogen-bond donors (Lipinski definition) is 3. The molecule has 0 aliphatic carbocycles. The predicted octanol–water partition coefficient (Wildman–Crippen LogP) is 0.961. The maximum Gasteiger partial charge on any atom is 0.273 e. The number of aromatic amines is 1. The van der Waals surface area contributed by atoms with E-state index in [1.54, 1.807) is 12.5 Å². The van der Waals surface area contributed by atoms with E-state index in [9.17, 15) is 4.79 Å². The molecule has 7 heteroatoms. The first-order chi connectivity index (χ1) is 9.72. The van der Waals surface area contributed by atoms with Gasteiger partial charge in [-0.15, -0.1) is 0 Å². The van der Waals surface area contributed by atoms with Crippen molar-refractivity contribution in [3.8, 4) is 0 Å². The molecule has 2 heterocycles. The lowest BCUT2D eigenvalue weighted by Crippen LogP contribution is -2.26. The molecular weight excluding hydrogens is 256 g/mol. The fourth-order valence-electron chi connectivity index (χ4n) is 1.97. The summed E-state index contributed by atoms with van der Waals surface area (Å²) in [6, 6.07) is 0. The van der Waals surface area contributed by atoms with Gasteiger partial charge in [-0.1, -0.05) is 13.3 Å². The Morgan fingerprint density at radius 3 is 3.10 bits per heavy atom. The molecule has 0 radical (unpaired) electrons. The molecule has 0 spiro atoms. The second kappa shape index (κ2) is 6.74. The first-order valence-electron chi connectivity index (χ1n) is 6.79. The number of H-pyrrole nitrogens is 1. The maximum atomic E-state index is 12.0. The van der Waals surface area contributed by atoms with Crippen molar-refractivity contribution < 1.29 is 4.79 Å². The normalized spacial score (nSPS) is 10.7. The van der Waals surface area contributed by atoms with Gasteiger partial charge in [-0.25, -0.2) is 4.98 Å². The molecule has 0 saturated heterocycles. The van der Waals surface area contributed by atoms with Crippen molar-refractivity contribution in [3.05, 3.63) is 30.1 Å². The van der Waals surface area contributed by atoms with Crippen molar-refractivity contribution >= 4 is 11.6 Å². The SMILES string of the molecule is CCCc1[nH]nc(C(=O)NCCCn2ccnc2)c1N. The van der Waals surface area contributed by atoms with Crippen molar-refractivity contribution in [1.29, 1.82) is 0 Å². The van der Waals surface area contributed by atoms with Gasteiger partial charge in [-0.2, -0.15) is 5.10 Å². The summed E-state index contributed by atoms with van der Waals surface area (Å²) in [7, 11) is 0. The third-order valence-electron chi connectivity index (χ3n) is 3.04. The van der Waals surface area contributed by atoms with E-state index in [1.807, 2.05) is 10.8 Å². The molecule has 0 atom stereocenters. The van der Waals surface area contributed by atoms with Crippen LogP contribution in [0.3, 0.4) is 0 Å². The summed E-state index contributed by atoms with van der Waals surface area (Å²) in [6.07, 6.45) is 7.96. The highest BCUT2D eigenvalue weighted by Crippen LogP contribution is 2.15. The zero-order chi connectivity index (χ0) is 14.4. The fourth-order valence-corrected chi connectivity index (χ4v) is 1.97. The van der Waals surface area contributed by atoms with Crippen molar-refractivity contribution in [1.82, 2.24) is 25.1 Å². The van der Waals surface area contributed by atoms with E-state index in [4.69, 9.17) is 5.73 Å². The number of anilines is 1. The number of nitrogens with one attached hydrogen (secondary N) is 2. The number of aromatic nitrogens is 4. The van der Waals surface area contributed by atoms with E-state index in [-0.39, 0.29) is 11.6 Å². The topological polar surface area (TPSA) is 102 Å². The summed E-state index contributed by atoms with van der Waals surface area (Å²) in [5.74, 6) is -0.230. The van der Waals surface area contributed by atoms with Crippen molar-refractivity contribution in [3.63, 3.8) is 0 Å². The van der Waals surface area contributed by atoms with Gasteiger partial charge in [0.25, 0.3) is 5.91 Å². The Kier molecular flexibility index (Phi) is 4.75. The Hall–Kier alpha value is -2.31. The summed E-state index contributed by atoms with van der Waals surface area (Å²) in [6.45, 7) is 3.44. The molecule has 0 aromatic carbocycles. The van der Waals surface area contributed by atoms with Crippen LogP contribution in [0.5, 0.6) is 0 Å². The molecule has 108 valence electrons. The highest BCUT2D eigenvalue weighted by Gasteiger charge is 2.16. The molecule has 2 aromatic heterocycles. The van der Waals surface area contributed by atoms with Crippen LogP contribution in [0, 0.1) is 0 Å². The summed E-state index contributed by atoms with van der Waals surface area (Å²) >= 11 is 0. The zero-order valence-corrected chi connectivity index (χ0v) is 11.6. The van der Waals surface area contributed by atoms with Crippen LogP contribution in [-0.4, -0.2) is 32.2 Å². The minimum Gasteiger partial charge on any atom is -0.395 e. The Labute approximate surface area is 117 Å². The number of nitrogen functional groups attached to an aromatic ring is 1. The van der Waals surface area contributed by atoms with Crippen LogP contribution in [0.15, 0.2) is 18.7 Å². The van der Waals surface area contributed by atoms with Gasteiger partial charge in [0.15, 0.2) is 5.69 Å². The molecule has 0 aliphatic rings. The summed E-state index contributed by atoms with van der Waals surface area (Å²) in [5.41, 5.74) is 7.48. The molecule has 7 nitrogen and oxygen atoms in total. The monoisotopic (exact) mass is 276 g/mol. The Morgan fingerprint density at radius 1 is 1.55 bits per heavy atom. The predicted molar refractivity (Wildman–Crippen MR) is 76.2 cm³/mol. The number of carbonyl (C=O) groups is 1. The largest absolute Gasteiger partial charge is 0.395 e. The second-order valence-corrected chi connectivity index (χ2v) is 4.62. The Balaban J connectivity index is 1.79. The van der Waals surface area contributed by atoms with Crippen LogP contribution < -0.4 is 11.1 Å². The zero-order valence-electron chi connectivity index (χ0n) is 11.6. The van der Waals surface area contributed by atoms with Crippen LogP contribution >= 0.6 is 0 Å². The lowest BCUT2D eigenvalue weighted by atomic mass is 10.2. The average molecular weight is 276 g/mol. The minimum atomic E-state index is -0.230. The first kappa shape index (κ1) is 14.1. The van der Waals surface area contributed by atoms with Gasteiger partial charge in [0.2, 0.25) is 0 Å². The van der Waals surface area contributed by atoms with E-state index < -0.39 is 0 Å². The van der Waals surface area contributed by atoms with E-state index >= 15 is 0 Å². The smallest absolute Gasteiger partial charge is 0.273 e. The number of nitrogens with zero attached hydrogens (tertiary/aromatic N) is 3. The summed E-state index contributed by atoms with van der Waals surface area (Å²) < 4.78 is 1.97. The van der Waals surface area contributed by atoms with Gasteiger partial charge < -0.3 is 15.6 Å². The van der Waals surface area contributed by atoms with Crippen molar-refractivity contribution in [2.24, 2.45) is 0 Å². The van der Waals surface area contributed by atoms with E-state index in [2.05, 4.69) is 27.4 Å². The first-order valence-corrected chi connectivity index (χ1v) is 6.79.